The average Bonchev–Trinajstić information content (AvgIpc) is 2.98. The van der Waals surface area contributed by atoms with E-state index < -0.39 is 12.1 Å². The van der Waals surface area contributed by atoms with Gasteiger partial charge in [-0.1, -0.05) is 11.6 Å². The van der Waals surface area contributed by atoms with E-state index in [1.165, 1.54) is 6.92 Å². The average molecular weight is 411 g/mol. The Morgan fingerprint density at radius 1 is 1.21 bits per heavy atom. The maximum absolute atomic E-state index is 13.2. The summed E-state index contributed by atoms with van der Waals surface area (Å²) in [6.45, 7) is 3.28. The number of carbonyl (C=O) groups is 2. The molecule has 0 bridgehead atoms. The third-order valence-corrected chi connectivity index (χ3v) is 4.90. The van der Waals surface area contributed by atoms with Crippen LogP contribution in [-0.2, 0) is 16.0 Å². The highest BCUT2D eigenvalue weighted by Gasteiger charge is 2.23. The molecule has 1 atom stereocenters. The number of ether oxygens (including phenoxy) is 2. The summed E-state index contributed by atoms with van der Waals surface area (Å²) >= 11 is 5.93. The minimum Gasteiger partial charge on any atom is -0.497 e. The Hall–Kier alpha value is -3.30. The van der Waals surface area contributed by atoms with E-state index in [1.54, 1.807) is 61.1 Å². The van der Waals surface area contributed by atoms with Crippen molar-refractivity contribution in [2.75, 3.05) is 7.11 Å². The molecule has 1 heterocycles. The predicted molar refractivity (Wildman–Crippen MR) is 109 cm³/mol. The molecule has 0 amide bonds. The molecule has 3 aromatic rings. The van der Waals surface area contributed by atoms with E-state index in [9.17, 15) is 9.59 Å². The van der Waals surface area contributed by atoms with Gasteiger partial charge in [-0.05, 0) is 61.9 Å². The van der Waals surface area contributed by atoms with Crippen LogP contribution in [0.5, 0.6) is 5.75 Å². The second-order valence-corrected chi connectivity index (χ2v) is 6.97. The Labute approximate surface area is 173 Å². The number of fused-ring (bicyclic) bond motifs is 1. The number of aromatic nitrogens is 1. The van der Waals surface area contributed by atoms with E-state index in [2.05, 4.69) is 0 Å². The fourth-order valence-corrected chi connectivity index (χ4v) is 3.33. The smallest absolute Gasteiger partial charge is 0.311 e. The lowest BCUT2D eigenvalue weighted by molar-refractivity contribution is -0.145. The lowest BCUT2D eigenvalue weighted by Gasteiger charge is -2.08. The molecule has 3 rings (SSSR count). The summed E-state index contributed by atoms with van der Waals surface area (Å²) in [5, 5.41) is 10.1. The molecule has 1 unspecified atom stereocenters. The maximum atomic E-state index is 13.2. The summed E-state index contributed by atoms with van der Waals surface area (Å²) in [7, 11) is 1.55. The number of carbonyl (C=O) groups excluding carboxylic acids is 2. The van der Waals surface area contributed by atoms with Gasteiger partial charge in [0.05, 0.1) is 19.0 Å². The SMILES string of the molecule is COc1ccc2c(c1)c(CC(=O)OC(C)C#N)c(C)n2C(=O)c1ccc(Cl)cc1. The highest BCUT2D eigenvalue weighted by atomic mass is 35.5. The van der Waals surface area contributed by atoms with Crippen molar-refractivity contribution in [1.29, 1.82) is 5.26 Å². The van der Waals surface area contributed by atoms with Crippen LogP contribution in [-0.4, -0.2) is 29.7 Å². The molecule has 6 nitrogen and oxygen atoms in total. The lowest BCUT2D eigenvalue weighted by Crippen LogP contribution is -2.16. The van der Waals surface area contributed by atoms with Crippen molar-refractivity contribution >= 4 is 34.4 Å². The van der Waals surface area contributed by atoms with E-state index in [0.717, 1.165) is 0 Å². The standard InChI is InChI=1S/C22H19ClN2O4/c1-13(12-24)29-21(26)11-18-14(2)25(20-9-8-17(28-3)10-19(18)20)22(27)15-4-6-16(23)7-5-15/h4-10,13H,11H2,1-3H3. The van der Waals surface area contributed by atoms with Gasteiger partial charge < -0.3 is 9.47 Å². The van der Waals surface area contributed by atoms with Gasteiger partial charge in [0.15, 0.2) is 6.10 Å². The Morgan fingerprint density at radius 3 is 2.52 bits per heavy atom. The summed E-state index contributed by atoms with van der Waals surface area (Å²) in [5.74, 6) is -0.170. The lowest BCUT2D eigenvalue weighted by atomic mass is 10.1. The van der Waals surface area contributed by atoms with Crippen molar-refractivity contribution in [2.45, 2.75) is 26.4 Å². The zero-order valence-electron chi connectivity index (χ0n) is 16.2. The summed E-state index contributed by atoms with van der Waals surface area (Å²) in [4.78, 5) is 25.5. The van der Waals surface area contributed by atoms with Crippen LogP contribution in [0.1, 0.15) is 28.5 Å². The molecule has 0 saturated heterocycles. The number of nitriles is 1. The van der Waals surface area contributed by atoms with E-state index >= 15 is 0 Å². The molecular weight excluding hydrogens is 392 g/mol. The fraction of sp³-hybridized carbons (Fsp3) is 0.227. The first-order valence-corrected chi connectivity index (χ1v) is 9.30. The number of halogens is 1. The first kappa shape index (κ1) is 20.4. The van der Waals surface area contributed by atoms with E-state index in [-0.39, 0.29) is 12.3 Å². The van der Waals surface area contributed by atoms with E-state index in [0.29, 0.717) is 38.5 Å². The minimum atomic E-state index is -0.846. The summed E-state index contributed by atoms with van der Waals surface area (Å²) in [5.41, 5.74) is 2.39. The predicted octanol–water partition coefficient (Wildman–Crippen LogP) is 4.30. The van der Waals surface area contributed by atoms with Gasteiger partial charge >= 0.3 is 5.97 Å². The first-order valence-electron chi connectivity index (χ1n) is 8.93. The Bertz CT molecular complexity index is 1130. The third kappa shape index (κ3) is 4.10. The van der Waals surface area contributed by atoms with Crippen LogP contribution in [0.4, 0.5) is 0 Å². The molecule has 0 radical (unpaired) electrons. The van der Waals surface area contributed by atoms with Gasteiger partial charge in [-0.15, -0.1) is 0 Å². The first-order chi connectivity index (χ1) is 13.8. The van der Waals surface area contributed by atoms with Crippen LogP contribution in [0.3, 0.4) is 0 Å². The normalized spacial score (nSPS) is 11.7. The highest BCUT2D eigenvalue weighted by molar-refractivity contribution is 6.30. The molecule has 0 spiro atoms. The topological polar surface area (TPSA) is 81.3 Å². The van der Waals surface area contributed by atoms with Crippen molar-refractivity contribution in [3.63, 3.8) is 0 Å². The molecule has 0 saturated carbocycles. The number of methoxy groups -OCH3 is 1. The third-order valence-electron chi connectivity index (χ3n) is 4.65. The number of hydrogen-bond donors (Lipinski definition) is 0. The fourth-order valence-electron chi connectivity index (χ4n) is 3.21. The number of nitrogens with zero attached hydrogens (tertiary/aromatic N) is 2. The van der Waals surface area contributed by atoms with Crippen molar-refractivity contribution in [1.82, 2.24) is 4.57 Å². The molecule has 0 fully saturated rings. The summed E-state index contributed by atoms with van der Waals surface area (Å²) in [6.07, 6.45) is -0.913. The van der Waals surface area contributed by atoms with Crippen LogP contribution in [0.2, 0.25) is 5.02 Å². The second kappa shape index (κ2) is 8.38. The van der Waals surface area contributed by atoms with E-state index in [1.807, 2.05) is 6.07 Å². The molecule has 7 heteroatoms. The van der Waals surface area contributed by atoms with E-state index in [4.69, 9.17) is 26.3 Å². The van der Waals surface area contributed by atoms with Crippen molar-refractivity contribution in [2.24, 2.45) is 0 Å². The number of benzene rings is 2. The van der Waals surface area contributed by atoms with Gasteiger partial charge in [-0.2, -0.15) is 5.26 Å². The van der Waals surface area contributed by atoms with Gasteiger partial charge in [-0.25, -0.2) is 0 Å². The van der Waals surface area contributed by atoms with Gasteiger partial charge in [0.1, 0.15) is 11.8 Å². The summed E-state index contributed by atoms with van der Waals surface area (Å²) in [6, 6.07) is 13.8. The number of esters is 1. The van der Waals surface area contributed by atoms with Gasteiger partial charge in [0.2, 0.25) is 0 Å². The molecular formula is C22H19ClN2O4. The van der Waals surface area contributed by atoms with Crippen LogP contribution < -0.4 is 4.74 Å². The molecule has 0 aliphatic rings. The van der Waals surface area contributed by atoms with Crippen molar-refractivity contribution < 1.29 is 19.1 Å². The molecule has 2 aromatic carbocycles. The van der Waals surface area contributed by atoms with Crippen LogP contribution in [0.15, 0.2) is 42.5 Å². The quantitative estimate of drug-likeness (QED) is 0.586. The largest absolute Gasteiger partial charge is 0.497 e. The zero-order chi connectivity index (χ0) is 21.1. The molecule has 1 aromatic heterocycles. The van der Waals surface area contributed by atoms with Gasteiger partial charge in [0.25, 0.3) is 5.91 Å². The number of rotatable bonds is 5. The molecule has 148 valence electrons. The zero-order valence-corrected chi connectivity index (χ0v) is 17.0. The van der Waals surface area contributed by atoms with Crippen molar-refractivity contribution in [3.8, 4) is 11.8 Å². The summed E-state index contributed by atoms with van der Waals surface area (Å²) < 4.78 is 12.0. The van der Waals surface area contributed by atoms with Crippen LogP contribution in [0.25, 0.3) is 10.9 Å². The second-order valence-electron chi connectivity index (χ2n) is 6.53. The molecule has 0 N–H and O–H groups in total. The minimum absolute atomic E-state index is 0.0670. The molecule has 0 aliphatic carbocycles. The number of hydrogen-bond acceptors (Lipinski definition) is 5. The van der Waals surface area contributed by atoms with Gasteiger partial charge in [0, 0.05) is 21.7 Å². The highest BCUT2D eigenvalue weighted by Crippen LogP contribution is 2.31. The van der Waals surface area contributed by atoms with Crippen molar-refractivity contribution in [3.05, 3.63) is 64.3 Å². The molecule has 29 heavy (non-hydrogen) atoms. The van der Waals surface area contributed by atoms with Crippen LogP contribution in [0, 0.1) is 18.3 Å². The molecule has 0 aliphatic heterocycles. The maximum Gasteiger partial charge on any atom is 0.311 e. The Balaban J connectivity index is 2.12. The monoisotopic (exact) mass is 410 g/mol. The Kier molecular flexibility index (Phi) is 5.90. The Morgan fingerprint density at radius 2 is 1.90 bits per heavy atom. The van der Waals surface area contributed by atoms with Gasteiger partial charge in [-0.3, -0.25) is 14.2 Å². The van der Waals surface area contributed by atoms with Crippen LogP contribution >= 0.6 is 11.6 Å².